The van der Waals surface area contributed by atoms with Gasteiger partial charge in [0, 0.05) is 0 Å². The number of aromatic carboxylic acids is 1. The van der Waals surface area contributed by atoms with E-state index >= 15 is 0 Å². The lowest BCUT2D eigenvalue weighted by Gasteiger charge is -2.21. The average molecular weight is 490 g/mol. The summed E-state index contributed by atoms with van der Waals surface area (Å²) in [6, 6.07) is 30.2. The van der Waals surface area contributed by atoms with Gasteiger partial charge >= 0.3 is 13.8 Å². The summed E-state index contributed by atoms with van der Waals surface area (Å²) in [6.07, 6.45) is 0. The molecule has 0 radical (unpaired) electrons. The molecule has 0 aliphatic carbocycles. The predicted molar refractivity (Wildman–Crippen MR) is 136 cm³/mol. The number of phosphoric acid groups is 1. The minimum atomic E-state index is -3.97. The van der Waals surface area contributed by atoms with Crippen molar-refractivity contribution in [2.24, 2.45) is 0 Å². The minimum absolute atomic E-state index is 0.331. The van der Waals surface area contributed by atoms with Gasteiger partial charge in [-0.05, 0) is 67.8 Å². The van der Waals surface area contributed by atoms with Crippen molar-refractivity contribution in [1.29, 1.82) is 0 Å². The molecule has 4 rings (SSSR count). The Labute approximate surface area is 205 Å². The topological polar surface area (TPSA) is 82.1 Å². The molecule has 180 valence electrons. The molecule has 0 atom stereocenters. The molecule has 1 N–H and O–H groups in total. The van der Waals surface area contributed by atoms with Gasteiger partial charge in [-0.25, -0.2) is 4.79 Å². The number of benzene rings is 4. The van der Waals surface area contributed by atoms with Crippen LogP contribution in [0.4, 0.5) is 0 Å². The van der Waals surface area contributed by atoms with Crippen LogP contribution in [0, 0.1) is 20.8 Å². The third-order valence-corrected chi connectivity index (χ3v) is 6.19. The Hall–Kier alpha value is -4.02. The molecular weight excluding hydrogens is 463 g/mol. The Kier molecular flexibility index (Phi) is 8.71. The first kappa shape index (κ1) is 25.6. The average Bonchev–Trinajstić information content (AvgIpc) is 2.85. The highest BCUT2D eigenvalue weighted by Crippen LogP contribution is 2.51. The van der Waals surface area contributed by atoms with Gasteiger partial charge in [-0.15, -0.1) is 0 Å². The quantitative estimate of drug-likeness (QED) is 0.268. The highest BCUT2D eigenvalue weighted by atomic mass is 31.2. The molecular formula is C28H27O6P. The summed E-state index contributed by atoms with van der Waals surface area (Å²) in [5.74, 6) is 0.490. The van der Waals surface area contributed by atoms with Crippen molar-refractivity contribution in [2.45, 2.75) is 20.8 Å². The Bertz CT molecular complexity index is 1200. The molecule has 0 aliphatic heterocycles. The van der Waals surface area contributed by atoms with Crippen molar-refractivity contribution >= 4 is 13.8 Å². The third-order valence-electron chi connectivity index (χ3n) is 4.93. The molecule has 7 heteroatoms. The fourth-order valence-electron chi connectivity index (χ4n) is 2.97. The van der Waals surface area contributed by atoms with Gasteiger partial charge in [0.15, 0.2) is 0 Å². The zero-order valence-electron chi connectivity index (χ0n) is 19.8. The van der Waals surface area contributed by atoms with E-state index in [4.69, 9.17) is 18.7 Å². The van der Waals surface area contributed by atoms with Crippen molar-refractivity contribution < 1.29 is 28.0 Å². The molecule has 0 bridgehead atoms. The number of carbonyl (C=O) groups is 1. The van der Waals surface area contributed by atoms with Crippen LogP contribution in [0.1, 0.15) is 27.0 Å². The fraction of sp³-hybridized carbons (Fsp3) is 0.107. The Morgan fingerprint density at radius 2 is 0.886 bits per heavy atom. The first-order chi connectivity index (χ1) is 16.8. The van der Waals surface area contributed by atoms with Crippen LogP contribution in [0.25, 0.3) is 0 Å². The summed E-state index contributed by atoms with van der Waals surface area (Å²) >= 11 is 0. The summed E-state index contributed by atoms with van der Waals surface area (Å²) < 4.78 is 30.8. The number of hydrogen-bond acceptors (Lipinski definition) is 5. The first-order valence-electron chi connectivity index (χ1n) is 10.9. The lowest BCUT2D eigenvalue weighted by Crippen LogP contribution is -2.09. The van der Waals surface area contributed by atoms with Crippen LogP contribution >= 0.6 is 7.82 Å². The maximum atomic E-state index is 13.5. The Balaban J connectivity index is 0.000000320. The fourth-order valence-corrected chi connectivity index (χ4v) is 4.42. The minimum Gasteiger partial charge on any atom is -0.478 e. The second kappa shape index (κ2) is 11.9. The normalized spacial score (nSPS) is 10.5. The van der Waals surface area contributed by atoms with Gasteiger partial charge in [0.2, 0.25) is 0 Å². The molecule has 0 amide bonds. The lowest BCUT2D eigenvalue weighted by atomic mass is 10.2. The van der Waals surface area contributed by atoms with E-state index < -0.39 is 13.8 Å². The Morgan fingerprint density at radius 1 is 0.571 bits per heavy atom. The van der Waals surface area contributed by atoms with Crippen LogP contribution < -0.4 is 13.6 Å². The molecule has 0 aliphatic rings. The summed E-state index contributed by atoms with van der Waals surface area (Å²) in [7, 11) is -3.97. The van der Waals surface area contributed by atoms with Crippen LogP contribution in [0.3, 0.4) is 0 Å². The monoisotopic (exact) mass is 490 g/mol. The SMILES string of the molecule is Cc1ccccc1OP(=O)(Oc1ccccc1C)Oc1ccccc1C.O=C(O)c1ccccc1. The van der Waals surface area contributed by atoms with Gasteiger partial charge in [0.05, 0.1) is 5.56 Å². The molecule has 6 nitrogen and oxygen atoms in total. The van der Waals surface area contributed by atoms with Crippen LogP contribution in [0.2, 0.25) is 0 Å². The maximum absolute atomic E-state index is 13.5. The summed E-state index contributed by atoms with van der Waals surface area (Å²) in [4.78, 5) is 10.2. The molecule has 4 aromatic rings. The van der Waals surface area contributed by atoms with Gasteiger partial charge in [0.1, 0.15) is 17.2 Å². The largest absolute Gasteiger partial charge is 0.647 e. The smallest absolute Gasteiger partial charge is 0.478 e. The van der Waals surface area contributed by atoms with Crippen molar-refractivity contribution in [3.8, 4) is 17.2 Å². The number of phosphoric ester groups is 1. The zero-order valence-corrected chi connectivity index (χ0v) is 20.6. The summed E-state index contributed by atoms with van der Waals surface area (Å²) in [5, 5.41) is 8.38. The molecule has 0 saturated heterocycles. The highest BCUT2D eigenvalue weighted by Gasteiger charge is 2.34. The number of carboxylic acids is 1. The van der Waals surface area contributed by atoms with E-state index in [0.717, 1.165) is 16.7 Å². The molecule has 0 saturated carbocycles. The number of aryl methyl sites for hydroxylation is 3. The van der Waals surface area contributed by atoms with E-state index in [1.54, 1.807) is 48.5 Å². The van der Waals surface area contributed by atoms with E-state index in [1.165, 1.54) is 0 Å². The maximum Gasteiger partial charge on any atom is 0.647 e. The lowest BCUT2D eigenvalue weighted by molar-refractivity contribution is 0.0697. The van der Waals surface area contributed by atoms with E-state index in [2.05, 4.69) is 0 Å². The summed E-state index contributed by atoms with van der Waals surface area (Å²) in [5.41, 5.74) is 2.86. The van der Waals surface area contributed by atoms with Crippen LogP contribution in [-0.4, -0.2) is 11.1 Å². The Morgan fingerprint density at radius 3 is 1.17 bits per heavy atom. The van der Waals surface area contributed by atoms with Crippen LogP contribution in [-0.2, 0) is 4.57 Å². The molecule has 0 aromatic heterocycles. The van der Waals surface area contributed by atoms with Crippen molar-refractivity contribution in [1.82, 2.24) is 0 Å². The molecule has 0 unspecified atom stereocenters. The second-order valence-corrected chi connectivity index (χ2v) is 9.13. The van der Waals surface area contributed by atoms with Crippen LogP contribution in [0.5, 0.6) is 17.2 Å². The highest BCUT2D eigenvalue weighted by molar-refractivity contribution is 7.49. The van der Waals surface area contributed by atoms with E-state index in [-0.39, 0.29) is 0 Å². The van der Waals surface area contributed by atoms with Gasteiger partial charge in [-0.2, -0.15) is 4.57 Å². The number of hydrogen-bond donors (Lipinski definition) is 1. The molecule has 0 fully saturated rings. The standard InChI is InChI=1S/C21H21O4P.C7H6O2/c1-16-10-4-7-13-19(16)23-26(22,24-20-14-8-5-11-17(20)2)25-21-15-9-6-12-18(21)3;8-7(9)6-4-2-1-3-5-6/h4-15H,1-3H3;1-5H,(H,8,9). The number of para-hydroxylation sites is 3. The number of carboxylic acid groups (broad SMARTS) is 1. The van der Waals surface area contributed by atoms with E-state index in [0.29, 0.717) is 22.8 Å². The molecule has 35 heavy (non-hydrogen) atoms. The van der Waals surface area contributed by atoms with Crippen molar-refractivity contribution in [3.05, 3.63) is 125 Å². The summed E-state index contributed by atoms with van der Waals surface area (Å²) in [6.45, 7) is 5.63. The van der Waals surface area contributed by atoms with Gasteiger partial charge in [0.25, 0.3) is 0 Å². The molecule has 0 heterocycles. The third kappa shape index (κ3) is 7.49. The second-order valence-electron chi connectivity index (χ2n) is 7.69. The molecule has 4 aromatic carbocycles. The van der Waals surface area contributed by atoms with Gasteiger partial charge < -0.3 is 18.7 Å². The first-order valence-corrected chi connectivity index (χ1v) is 12.4. The van der Waals surface area contributed by atoms with Gasteiger partial charge in [-0.1, -0.05) is 72.8 Å². The van der Waals surface area contributed by atoms with Crippen LogP contribution in [0.15, 0.2) is 103 Å². The zero-order chi connectivity index (χ0) is 25.3. The van der Waals surface area contributed by atoms with E-state index in [1.807, 2.05) is 75.4 Å². The number of rotatable bonds is 7. The van der Waals surface area contributed by atoms with E-state index in [9.17, 15) is 9.36 Å². The van der Waals surface area contributed by atoms with Crippen molar-refractivity contribution in [3.63, 3.8) is 0 Å². The van der Waals surface area contributed by atoms with Crippen molar-refractivity contribution in [2.75, 3.05) is 0 Å². The predicted octanol–water partition coefficient (Wildman–Crippen LogP) is 7.64. The molecule has 0 spiro atoms. The van der Waals surface area contributed by atoms with Gasteiger partial charge in [-0.3, -0.25) is 0 Å².